The van der Waals surface area contributed by atoms with E-state index in [1.54, 1.807) is 24.1 Å². The molecule has 176 valence electrons. The van der Waals surface area contributed by atoms with Gasteiger partial charge in [-0.15, -0.1) is 11.3 Å². The summed E-state index contributed by atoms with van der Waals surface area (Å²) >= 11 is 1.30. The van der Waals surface area contributed by atoms with Crippen LogP contribution < -0.4 is 4.74 Å². The van der Waals surface area contributed by atoms with Gasteiger partial charge in [0.05, 0.1) is 23.6 Å². The van der Waals surface area contributed by atoms with Gasteiger partial charge in [-0.05, 0) is 52.1 Å². The van der Waals surface area contributed by atoms with E-state index in [0.717, 1.165) is 22.4 Å². The van der Waals surface area contributed by atoms with Crippen molar-refractivity contribution in [1.82, 2.24) is 4.90 Å². The number of ether oxygens (including phenoxy) is 1. The number of hydrogen-bond acceptors (Lipinski definition) is 5. The van der Waals surface area contributed by atoms with Crippen LogP contribution in [0.25, 0.3) is 0 Å². The van der Waals surface area contributed by atoms with Crippen molar-refractivity contribution in [3.8, 4) is 5.75 Å². The molecule has 34 heavy (non-hydrogen) atoms. The third-order valence-electron chi connectivity index (χ3n) is 6.19. The SMILES string of the molecule is COc1ccc(CCN2C(=O)C(O)=C(C(=O)c3cccs3)C2c2ccc(C(C)(C)C)cc2)cc1. The zero-order valence-corrected chi connectivity index (χ0v) is 20.7. The molecule has 1 N–H and O–H groups in total. The van der Waals surface area contributed by atoms with Crippen LogP contribution in [-0.2, 0) is 16.6 Å². The van der Waals surface area contributed by atoms with E-state index >= 15 is 0 Å². The normalized spacial score (nSPS) is 16.3. The van der Waals surface area contributed by atoms with Crippen molar-refractivity contribution >= 4 is 23.0 Å². The first-order valence-electron chi connectivity index (χ1n) is 11.3. The summed E-state index contributed by atoms with van der Waals surface area (Å²) in [7, 11) is 1.62. The van der Waals surface area contributed by atoms with E-state index < -0.39 is 17.7 Å². The average molecular weight is 476 g/mol. The summed E-state index contributed by atoms with van der Waals surface area (Å²) in [6, 6.07) is 18.5. The maximum Gasteiger partial charge on any atom is 0.290 e. The van der Waals surface area contributed by atoms with Crippen molar-refractivity contribution in [3.05, 3.63) is 98.9 Å². The molecule has 4 rings (SSSR count). The van der Waals surface area contributed by atoms with Gasteiger partial charge in [0.2, 0.25) is 5.78 Å². The molecule has 5 nitrogen and oxygen atoms in total. The molecule has 0 radical (unpaired) electrons. The van der Waals surface area contributed by atoms with Crippen LogP contribution in [0.4, 0.5) is 0 Å². The van der Waals surface area contributed by atoms with E-state index in [-0.39, 0.29) is 16.8 Å². The fourth-order valence-electron chi connectivity index (χ4n) is 4.21. The van der Waals surface area contributed by atoms with E-state index in [1.807, 2.05) is 53.9 Å². The van der Waals surface area contributed by atoms with Crippen molar-refractivity contribution in [3.63, 3.8) is 0 Å². The Kier molecular flexibility index (Phi) is 6.62. The van der Waals surface area contributed by atoms with E-state index in [2.05, 4.69) is 20.8 Å². The lowest BCUT2D eigenvalue weighted by molar-refractivity contribution is -0.129. The molecule has 1 aromatic heterocycles. The molecule has 0 saturated heterocycles. The fourth-order valence-corrected chi connectivity index (χ4v) is 4.89. The second kappa shape index (κ2) is 9.47. The average Bonchev–Trinajstić information content (AvgIpc) is 3.45. The first kappa shape index (κ1) is 23.8. The highest BCUT2D eigenvalue weighted by Crippen LogP contribution is 2.40. The minimum Gasteiger partial charge on any atom is -0.503 e. The second-order valence-corrected chi connectivity index (χ2v) is 10.4. The molecule has 2 aromatic carbocycles. The Bertz CT molecular complexity index is 1200. The highest BCUT2D eigenvalue weighted by molar-refractivity contribution is 7.12. The number of thiophene rings is 1. The van der Waals surface area contributed by atoms with Gasteiger partial charge < -0.3 is 14.7 Å². The fraction of sp³-hybridized carbons (Fsp3) is 0.286. The van der Waals surface area contributed by atoms with Crippen molar-refractivity contribution in [2.45, 2.75) is 38.6 Å². The molecule has 1 atom stereocenters. The maximum atomic E-state index is 13.4. The number of benzene rings is 2. The molecule has 1 aliphatic heterocycles. The van der Waals surface area contributed by atoms with Gasteiger partial charge in [0.15, 0.2) is 5.76 Å². The third kappa shape index (κ3) is 4.64. The first-order valence-corrected chi connectivity index (χ1v) is 12.1. The molecule has 2 heterocycles. The van der Waals surface area contributed by atoms with Crippen LogP contribution in [0, 0.1) is 0 Å². The van der Waals surface area contributed by atoms with Crippen LogP contribution >= 0.6 is 11.3 Å². The lowest BCUT2D eigenvalue weighted by atomic mass is 9.85. The quantitative estimate of drug-likeness (QED) is 0.434. The minimum atomic E-state index is -0.644. The Hall–Kier alpha value is -3.38. The zero-order valence-electron chi connectivity index (χ0n) is 19.9. The molecule has 1 amide bonds. The molecule has 3 aromatic rings. The number of Topliss-reactive ketones (excluding diaryl/α,β-unsaturated/α-hetero) is 1. The monoisotopic (exact) mass is 475 g/mol. The number of nitrogens with zero attached hydrogens (tertiary/aromatic N) is 1. The Morgan fingerprint density at radius 2 is 1.74 bits per heavy atom. The van der Waals surface area contributed by atoms with Crippen LogP contribution in [0.15, 0.2) is 77.4 Å². The number of carbonyl (C=O) groups is 2. The zero-order chi connectivity index (χ0) is 24.5. The van der Waals surface area contributed by atoms with E-state index in [4.69, 9.17) is 4.74 Å². The molecule has 1 unspecified atom stereocenters. The summed E-state index contributed by atoms with van der Waals surface area (Å²) in [6.07, 6.45) is 0.583. The number of ketones is 1. The Morgan fingerprint density at radius 1 is 1.06 bits per heavy atom. The number of aliphatic hydroxyl groups excluding tert-OH is 1. The van der Waals surface area contributed by atoms with Crippen LogP contribution in [0.2, 0.25) is 0 Å². The number of methoxy groups -OCH3 is 1. The van der Waals surface area contributed by atoms with Gasteiger partial charge in [-0.2, -0.15) is 0 Å². The number of amides is 1. The van der Waals surface area contributed by atoms with Crippen molar-refractivity contribution < 1.29 is 19.4 Å². The van der Waals surface area contributed by atoms with Crippen molar-refractivity contribution in [1.29, 1.82) is 0 Å². The minimum absolute atomic E-state index is 0.0221. The van der Waals surface area contributed by atoms with Crippen molar-refractivity contribution in [2.24, 2.45) is 0 Å². The molecular formula is C28H29NO4S. The first-order chi connectivity index (χ1) is 16.2. The highest BCUT2D eigenvalue weighted by atomic mass is 32.1. The Morgan fingerprint density at radius 3 is 2.29 bits per heavy atom. The third-order valence-corrected chi connectivity index (χ3v) is 7.05. The van der Waals surface area contributed by atoms with Crippen LogP contribution in [-0.4, -0.2) is 35.4 Å². The van der Waals surface area contributed by atoms with Gasteiger partial charge in [0.1, 0.15) is 5.75 Å². The van der Waals surface area contributed by atoms with E-state index in [0.29, 0.717) is 17.8 Å². The maximum absolute atomic E-state index is 13.4. The molecule has 0 bridgehead atoms. The number of rotatable bonds is 7. The second-order valence-electron chi connectivity index (χ2n) is 9.44. The Labute approximate surface area is 204 Å². The Balaban J connectivity index is 1.69. The number of hydrogen-bond donors (Lipinski definition) is 1. The smallest absolute Gasteiger partial charge is 0.290 e. The lowest BCUT2D eigenvalue weighted by Gasteiger charge is -2.28. The molecule has 1 aliphatic rings. The van der Waals surface area contributed by atoms with Crippen LogP contribution in [0.5, 0.6) is 5.75 Å². The van der Waals surface area contributed by atoms with Gasteiger partial charge in [-0.1, -0.05) is 63.2 Å². The van der Waals surface area contributed by atoms with Gasteiger partial charge in [0.25, 0.3) is 5.91 Å². The van der Waals surface area contributed by atoms with Gasteiger partial charge >= 0.3 is 0 Å². The number of aliphatic hydroxyl groups is 1. The molecule has 0 spiro atoms. The van der Waals surface area contributed by atoms with E-state index in [1.165, 1.54) is 11.3 Å². The summed E-state index contributed by atoms with van der Waals surface area (Å²) in [4.78, 5) is 28.6. The standard InChI is InChI=1S/C28H29NO4S/c1-28(2,3)20-11-9-19(10-12-20)24-23(25(30)22-6-5-17-34-22)26(31)27(32)29(24)16-15-18-7-13-21(33-4)14-8-18/h5-14,17,24,31H,15-16H2,1-4H3. The molecular weight excluding hydrogens is 446 g/mol. The van der Waals surface area contributed by atoms with Gasteiger partial charge in [0, 0.05) is 6.54 Å². The predicted octanol–water partition coefficient (Wildman–Crippen LogP) is 5.88. The predicted molar refractivity (Wildman–Crippen MR) is 135 cm³/mol. The summed E-state index contributed by atoms with van der Waals surface area (Å²) < 4.78 is 5.22. The van der Waals surface area contributed by atoms with Gasteiger partial charge in [-0.3, -0.25) is 9.59 Å². The van der Waals surface area contributed by atoms with Crippen molar-refractivity contribution in [2.75, 3.05) is 13.7 Å². The van der Waals surface area contributed by atoms with Gasteiger partial charge in [-0.25, -0.2) is 0 Å². The molecule has 0 fully saturated rings. The molecule has 0 aliphatic carbocycles. The molecule has 0 saturated carbocycles. The largest absolute Gasteiger partial charge is 0.503 e. The summed E-state index contributed by atoms with van der Waals surface area (Å²) in [5.74, 6) is -0.519. The van der Waals surface area contributed by atoms with Crippen LogP contribution in [0.3, 0.4) is 0 Å². The topological polar surface area (TPSA) is 66.8 Å². The lowest BCUT2D eigenvalue weighted by Crippen LogP contribution is -2.33. The highest BCUT2D eigenvalue weighted by Gasteiger charge is 2.43. The number of carbonyl (C=O) groups excluding carboxylic acids is 2. The summed E-state index contributed by atoms with van der Waals surface area (Å²) in [5, 5.41) is 12.6. The molecule has 6 heteroatoms. The van der Waals surface area contributed by atoms with E-state index in [9.17, 15) is 14.7 Å². The summed E-state index contributed by atoms with van der Waals surface area (Å²) in [6.45, 7) is 6.78. The van der Waals surface area contributed by atoms with Crippen LogP contribution in [0.1, 0.15) is 53.2 Å². The summed E-state index contributed by atoms with van der Waals surface area (Å²) in [5.41, 5.74) is 3.12.